The van der Waals surface area contributed by atoms with E-state index in [9.17, 15) is 0 Å². The molecule has 0 aliphatic heterocycles. The van der Waals surface area contributed by atoms with Crippen LogP contribution in [0, 0.1) is 0 Å². The van der Waals surface area contributed by atoms with Gasteiger partial charge < -0.3 is 0 Å². The van der Waals surface area contributed by atoms with Crippen molar-refractivity contribution in [1.29, 1.82) is 0 Å². The molecule has 0 spiro atoms. The van der Waals surface area contributed by atoms with Crippen molar-refractivity contribution < 1.29 is 0 Å². The third-order valence-corrected chi connectivity index (χ3v) is 37.1. The Bertz CT molecular complexity index is 1260. The van der Waals surface area contributed by atoms with Gasteiger partial charge in [0.25, 0.3) is 0 Å². The van der Waals surface area contributed by atoms with Crippen molar-refractivity contribution in [2.45, 2.75) is 78.6 Å². The average Bonchev–Trinajstić information content (AvgIpc) is 3.60. The second kappa shape index (κ2) is 11.0. The van der Waals surface area contributed by atoms with Crippen molar-refractivity contribution in [3.05, 3.63) is 119 Å². The minimum absolute atomic E-state index is 1.21. The van der Waals surface area contributed by atoms with E-state index in [0.717, 1.165) is 0 Å². The van der Waals surface area contributed by atoms with Crippen LogP contribution >= 0.6 is 0 Å². The second-order valence-corrected chi connectivity index (χ2v) is 41.7. The van der Waals surface area contributed by atoms with Crippen molar-refractivity contribution in [1.82, 2.24) is 14.3 Å². The van der Waals surface area contributed by atoms with E-state index in [1.807, 2.05) is 0 Å². The summed E-state index contributed by atoms with van der Waals surface area (Å²) in [6.07, 6.45) is 26.3. The number of nitrogens with zero attached hydrogens (tertiary/aromatic N) is 4. The molecule has 0 aromatic rings. The summed E-state index contributed by atoms with van der Waals surface area (Å²) < 4.78 is 11.8. The molecular formula is C32H48N4SeSi4. The zero-order valence-electron chi connectivity index (χ0n) is 27.1. The molecule has 0 aromatic carbocycles. The Labute approximate surface area is 256 Å². The maximum atomic E-state index is 3.74. The molecule has 218 valence electrons. The summed E-state index contributed by atoms with van der Waals surface area (Å²) >= 11 is -3.53. The Morgan fingerprint density at radius 3 is 0.707 bits per heavy atom. The van der Waals surface area contributed by atoms with Crippen molar-refractivity contribution in [2.24, 2.45) is 0 Å². The van der Waals surface area contributed by atoms with Crippen LogP contribution < -0.4 is 0 Å². The third-order valence-electron chi connectivity index (χ3n) is 6.62. The molecule has 0 heterocycles. The molecule has 4 nitrogen and oxygen atoms in total. The molecule has 0 fully saturated rings. The molecule has 4 aliphatic rings. The monoisotopic (exact) mass is 680 g/mol. The Hall–Kier alpha value is -2.37. The van der Waals surface area contributed by atoms with Gasteiger partial charge in [-0.15, -0.1) is 0 Å². The van der Waals surface area contributed by atoms with Crippen LogP contribution in [-0.2, 0) is 0 Å². The van der Waals surface area contributed by atoms with Crippen molar-refractivity contribution in [2.75, 3.05) is 0 Å². The summed E-state index contributed by atoms with van der Waals surface area (Å²) in [6.45, 7) is 30.2. The molecular weight excluding hydrogens is 632 g/mol. The molecule has 0 aromatic heterocycles. The summed E-state index contributed by atoms with van der Waals surface area (Å²) in [6, 6.07) is 0. The first kappa shape index (κ1) is 31.6. The molecule has 4 rings (SSSR count). The number of rotatable bonds is 12. The first-order chi connectivity index (χ1) is 18.9. The number of hydrogen-bond acceptors (Lipinski definition) is 4. The average molecular weight is 680 g/mol. The zero-order chi connectivity index (χ0) is 30.4. The van der Waals surface area contributed by atoms with E-state index in [1.54, 1.807) is 0 Å². The van der Waals surface area contributed by atoms with Crippen LogP contribution in [0.2, 0.25) is 78.6 Å². The van der Waals surface area contributed by atoms with Gasteiger partial charge in [-0.1, -0.05) is 0 Å². The van der Waals surface area contributed by atoms with Crippen LogP contribution in [0.1, 0.15) is 0 Å². The molecule has 0 bridgehead atoms. The third kappa shape index (κ3) is 5.95. The van der Waals surface area contributed by atoms with Crippen LogP contribution in [-0.4, -0.2) is 61.0 Å². The molecule has 0 saturated carbocycles. The first-order valence-corrected chi connectivity index (χ1v) is 31.3. The molecule has 9 heteroatoms. The Morgan fingerprint density at radius 1 is 0.390 bits per heavy atom. The fraction of sp³-hybridized carbons (Fsp3) is 0.375. The van der Waals surface area contributed by atoms with E-state index >= 15 is 0 Å². The summed E-state index contributed by atoms with van der Waals surface area (Å²) in [7, 11) is -8.47. The Balaban J connectivity index is 2.37. The molecule has 0 saturated heterocycles. The van der Waals surface area contributed by atoms with E-state index in [1.165, 1.54) is 22.8 Å². The van der Waals surface area contributed by atoms with Gasteiger partial charge in [-0.05, 0) is 0 Å². The van der Waals surface area contributed by atoms with E-state index in [-0.39, 0.29) is 0 Å². The fourth-order valence-corrected chi connectivity index (χ4v) is 43.5. The Kier molecular flexibility index (Phi) is 8.50. The van der Waals surface area contributed by atoms with Gasteiger partial charge in [0.1, 0.15) is 0 Å². The summed E-state index contributed by atoms with van der Waals surface area (Å²) in [5.41, 5.74) is 19.8. The summed E-state index contributed by atoms with van der Waals surface area (Å²) in [5, 5.41) is 0. The maximum absolute atomic E-state index is 3.74. The molecule has 0 radical (unpaired) electrons. The van der Waals surface area contributed by atoms with Crippen molar-refractivity contribution >= 4 is 46.7 Å². The van der Waals surface area contributed by atoms with Gasteiger partial charge in [-0.25, -0.2) is 0 Å². The van der Waals surface area contributed by atoms with Crippen molar-refractivity contribution in [3.8, 4) is 0 Å². The zero-order valence-corrected chi connectivity index (χ0v) is 32.8. The van der Waals surface area contributed by atoms with Gasteiger partial charge in [-0.2, -0.15) is 0 Å². The van der Waals surface area contributed by atoms with E-state index in [0.29, 0.717) is 0 Å². The van der Waals surface area contributed by atoms with Gasteiger partial charge in [0.2, 0.25) is 0 Å². The molecule has 4 aliphatic carbocycles. The predicted octanol–water partition coefficient (Wildman–Crippen LogP) is 8.40. The topological polar surface area (TPSA) is 13.0 Å². The standard InChI is InChI=1S/C32H48N4SeSi4/c1-38(2,3)33(29-21-13-14-22-29)37(34(39(4,5)6)30-23-15-16-24-30,35(40(7,8)9)31-25-17-18-26-31)36(41(10,11)12)32-27-19-20-28-32/h13-21,23,25,27H,1-12H3. The van der Waals surface area contributed by atoms with Crippen LogP contribution in [0.5, 0.6) is 0 Å². The predicted molar refractivity (Wildman–Crippen MR) is 189 cm³/mol. The van der Waals surface area contributed by atoms with E-state index < -0.39 is 46.7 Å². The first-order valence-electron chi connectivity index (χ1n) is 14.5. The van der Waals surface area contributed by atoms with E-state index in [4.69, 9.17) is 0 Å². The normalized spacial score (nSPS) is 17.9. The number of allylic oxidation sites excluding steroid dienone is 8. The summed E-state index contributed by atoms with van der Waals surface area (Å²) in [4.78, 5) is 0. The minimum atomic E-state index is -3.53. The molecule has 41 heavy (non-hydrogen) atoms. The van der Waals surface area contributed by atoms with Crippen LogP contribution in [0.3, 0.4) is 0 Å². The summed E-state index contributed by atoms with van der Waals surface area (Å²) in [5.74, 6) is 0. The Morgan fingerprint density at radius 2 is 0.585 bits per heavy atom. The SMILES string of the molecule is C[Si](C)(C)N(C1=C=CC=C1)[Se](N(C1=C=CC=C1)[Si](C)(C)C)(N(C1=C=CC=C1)[Si](C)(C)C)N(C1=C=CC=C1)[Si](C)(C)C. The van der Waals surface area contributed by atoms with Crippen LogP contribution in [0.15, 0.2) is 119 Å². The fourth-order valence-electron chi connectivity index (χ4n) is 5.72. The van der Waals surface area contributed by atoms with Gasteiger partial charge >= 0.3 is 258 Å². The van der Waals surface area contributed by atoms with Gasteiger partial charge in [-0.3, -0.25) is 0 Å². The second-order valence-electron chi connectivity index (χ2n) is 14.6. The molecule has 0 unspecified atom stereocenters. The van der Waals surface area contributed by atoms with E-state index in [2.05, 4.69) is 189 Å². The van der Waals surface area contributed by atoms with Gasteiger partial charge in [0.05, 0.1) is 0 Å². The molecule has 0 amide bonds. The van der Waals surface area contributed by atoms with Gasteiger partial charge in [0, 0.05) is 0 Å². The molecule has 0 atom stereocenters. The number of hydrogen-bond donors (Lipinski definition) is 0. The molecule has 0 N–H and O–H groups in total. The van der Waals surface area contributed by atoms with Crippen LogP contribution in [0.25, 0.3) is 0 Å². The van der Waals surface area contributed by atoms with Gasteiger partial charge in [0.15, 0.2) is 0 Å². The quantitative estimate of drug-likeness (QED) is 0.152. The van der Waals surface area contributed by atoms with Crippen LogP contribution in [0.4, 0.5) is 0 Å². The van der Waals surface area contributed by atoms with Crippen molar-refractivity contribution in [3.63, 3.8) is 0 Å².